The summed E-state index contributed by atoms with van der Waals surface area (Å²) in [5, 5.41) is 6.31. The third-order valence-corrected chi connectivity index (χ3v) is 3.82. The maximum absolute atomic E-state index is 11.1. The number of allylic oxidation sites excluding steroid dienone is 1. The minimum absolute atomic E-state index is 0.422. The zero-order valence-corrected chi connectivity index (χ0v) is 13.1. The lowest BCUT2D eigenvalue weighted by atomic mass is 9.93. The summed E-state index contributed by atoms with van der Waals surface area (Å²) < 4.78 is 0. The van der Waals surface area contributed by atoms with Crippen molar-refractivity contribution in [1.82, 2.24) is 0 Å². The quantitative estimate of drug-likeness (QED) is 0.406. The van der Waals surface area contributed by atoms with E-state index in [2.05, 4.69) is 17.2 Å². The molecule has 116 valence electrons. The van der Waals surface area contributed by atoms with Gasteiger partial charge in [-0.15, -0.1) is 0 Å². The molecule has 4 heteroatoms. The van der Waals surface area contributed by atoms with Crippen LogP contribution in [0.2, 0.25) is 0 Å². The first-order valence-electron chi connectivity index (χ1n) is 7.63. The molecule has 0 heterocycles. The normalized spacial score (nSPS) is 14.0. The standard InChI is InChI=1S/C19H19N3O/c1-14(13-23)21-22(17-7-3-2-4-8-17)19-9-5-6-15-10-11-16(20)12-18(15)19/h2-4,7-13H,5-6,20H2,1H3/b21-14+. The molecule has 0 amide bonds. The molecule has 0 atom stereocenters. The van der Waals surface area contributed by atoms with Crippen molar-refractivity contribution >= 4 is 29.1 Å². The first-order valence-corrected chi connectivity index (χ1v) is 7.63. The van der Waals surface area contributed by atoms with Crippen LogP contribution >= 0.6 is 0 Å². The van der Waals surface area contributed by atoms with Gasteiger partial charge in [-0.25, -0.2) is 5.01 Å². The lowest BCUT2D eigenvalue weighted by Crippen LogP contribution is -2.20. The number of nitrogen functional groups attached to an aromatic ring is 1. The third kappa shape index (κ3) is 3.16. The highest BCUT2D eigenvalue weighted by Gasteiger charge is 2.20. The lowest BCUT2D eigenvalue weighted by molar-refractivity contribution is -0.102. The van der Waals surface area contributed by atoms with Crippen molar-refractivity contribution in [1.29, 1.82) is 0 Å². The first-order chi connectivity index (χ1) is 11.2. The van der Waals surface area contributed by atoms with Crippen LogP contribution in [0, 0.1) is 0 Å². The first kappa shape index (κ1) is 15.0. The highest BCUT2D eigenvalue weighted by atomic mass is 16.1. The van der Waals surface area contributed by atoms with Gasteiger partial charge in [0, 0.05) is 11.3 Å². The smallest absolute Gasteiger partial charge is 0.165 e. The van der Waals surface area contributed by atoms with Gasteiger partial charge in [0.15, 0.2) is 6.29 Å². The molecule has 0 unspecified atom stereocenters. The summed E-state index contributed by atoms with van der Waals surface area (Å²) in [4.78, 5) is 11.1. The number of rotatable bonds is 4. The average Bonchev–Trinajstić information content (AvgIpc) is 2.60. The van der Waals surface area contributed by atoms with E-state index in [1.807, 2.05) is 47.5 Å². The number of hydrazone groups is 1. The maximum Gasteiger partial charge on any atom is 0.165 e. The Hall–Kier alpha value is -2.88. The number of hydrogen-bond acceptors (Lipinski definition) is 4. The third-order valence-electron chi connectivity index (χ3n) is 3.82. The van der Waals surface area contributed by atoms with Crippen LogP contribution in [0.4, 0.5) is 11.4 Å². The van der Waals surface area contributed by atoms with Crippen molar-refractivity contribution in [3.63, 3.8) is 0 Å². The average molecular weight is 305 g/mol. The van der Waals surface area contributed by atoms with E-state index in [1.54, 1.807) is 6.92 Å². The van der Waals surface area contributed by atoms with Crippen molar-refractivity contribution in [2.24, 2.45) is 5.10 Å². The summed E-state index contributed by atoms with van der Waals surface area (Å²) in [6, 6.07) is 15.8. The topological polar surface area (TPSA) is 58.7 Å². The molecule has 1 aliphatic carbocycles. The molecule has 0 aromatic heterocycles. The van der Waals surface area contributed by atoms with Crippen molar-refractivity contribution in [2.45, 2.75) is 19.8 Å². The van der Waals surface area contributed by atoms with Crippen molar-refractivity contribution in [2.75, 3.05) is 10.7 Å². The molecule has 0 bridgehead atoms. The fraction of sp³-hybridized carbons (Fsp3) is 0.158. The van der Waals surface area contributed by atoms with Crippen LogP contribution in [0.25, 0.3) is 5.70 Å². The Morgan fingerprint density at radius 1 is 1.22 bits per heavy atom. The van der Waals surface area contributed by atoms with E-state index < -0.39 is 0 Å². The number of anilines is 2. The molecule has 2 aromatic rings. The second kappa shape index (κ2) is 6.48. The summed E-state index contributed by atoms with van der Waals surface area (Å²) in [5.41, 5.74) is 11.3. The number of fused-ring (bicyclic) bond motifs is 1. The van der Waals surface area contributed by atoms with E-state index in [1.165, 1.54) is 5.56 Å². The number of benzene rings is 2. The summed E-state index contributed by atoms with van der Waals surface area (Å²) >= 11 is 0. The lowest BCUT2D eigenvalue weighted by Gasteiger charge is -2.27. The molecule has 2 aromatic carbocycles. The number of aldehydes is 1. The van der Waals surface area contributed by atoms with Crippen LogP contribution in [0.5, 0.6) is 0 Å². The predicted molar refractivity (Wildman–Crippen MR) is 95.2 cm³/mol. The van der Waals surface area contributed by atoms with E-state index in [0.29, 0.717) is 5.71 Å². The second-order valence-corrected chi connectivity index (χ2v) is 5.55. The van der Waals surface area contributed by atoms with Crippen LogP contribution in [-0.4, -0.2) is 12.0 Å². The Labute approximate surface area is 135 Å². The maximum atomic E-state index is 11.1. The number of aryl methyl sites for hydroxylation is 1. The second-order valence-electron chi connectivity index (χ2n) is 5.55. The van der Waals surface area contributed by atoms with E-state index in [9.17, 15) is 4.79 Å². The van der Waals surface area contributed by atoms with Gasteiger partial charge in [0.1, 0.15) is 0 Å². The highest BCUT2D eigenvalue weighted by Crippen LogP contribution is 2.34. The Bertz CT molecular complexity index is 778. The Morgan fingerprint density at radius 2 is 2.00 bits per heavy atom. The SMILES string of the molecule is C/C(C=O)=N\N(C1=CCCc2ccc(N)cc21)c1ccccc1. The summed E-state index contributed by atoms with van der Waals surface area (Å²) in [6.45, 7) is 1.70. The summed E-state index contributed by atoms with van der Waals surface area (Å²) in [5.74, 6) is 0. The van der Waals surface area contributed by atoms with Gasteiger partial charge < -0.3 is 5.73 Å². The molecule has 0 fully saturated rings. The van der Waals surface area contributed by atoms with Crippen LogP contribution in [0.15, 0.2) is 59.7 Å². The van der Waals surface area contributed by atoms with E-state index in [0.717, 1.165) is 41.8 Å². The zero-order chi connectivity index (χ0) is 16.2. The van der Waals surface area contributed by atoms with Crippen LogP contribution < -0.4 is 10.7 Å². The molecule has 4 nitrogen and oxygen atoms in total. The van der Waals surface area contributed by atoms with Gasteiger partial charge in [-0.1, -0.05) is 30.3 Å². The number of carbonyl (C=O) groups excluding carboxylic acids is 1. The van der Waals surface area contributed by atoms with E-state index in [4.69, 9.17) is 5.73 Å². The van der Waals surface area contributed by atoms with Crippen LogP contribution in [0.1, 0.15) is 24.5 Å². The number of carbonyl (C=O) groups is 1. The van der Waals surface area contributed by atoms with Gasteiger partial charge in [0.05, 0.1) is 17.1 Å². The molecule has 2 N–H and O–H groups in total. The van der Waals surface area contributed by atoms with Crippen molar-refractivity contribution < 1.29 is 4.79 Å². The highest BCUT2D eigenvalue weighted by molar-refractivity contribution is 6.27. The molecule has 0 saturated heterocycles. The molecule has 0 radical (unpaired) electrons. The Morgan fingerprint density at radius 3 is 2.74 bits per heavy atom. The summed E-state index contributed by atoms with van der Waals surface area (Å²) in [7, 11) is 0. The predicted octanol–water partition coefficient (Wildman–Crippen LogP) is 3.64. The van der Waals surface area contributed by atoms with E-state index in [-0.39, 0.29) is 0 Å². The molecule has 3 rings (SSSR count). The molecular weight excluding hydrogens is 286 g/mol. The fourth-order valence-corrected chi connectivity index (χ4v) is 2.73. The molecular formula is C19H19N3O. The van der Waals surface area contributed by atoms with Crippen LogP contribution in [-0.2, 0) is 11.2 Å². The number of nitrogens with zero attached hydrogens (tertiary/aromatic N) is 2. The van der Waals surface area contributed by atoms with Gasteiger partial charge >= 0.3 is 0 Å². The molecule has 0 saturated carbocycles. The van der Waals surface area contributed by atoms with Gasteiger partial charge in [-0.2, -0.15) is 5.10 Å². The zero-order valence-electron chi connectivity index (χ0n) is 13.1. The molecule has 0 aliphatic heterocycles. The van der Waals surface area contributed by atoms with Crippen molar-refractivity contribution in [3.05, 3.63) is 65.7 Å². The monoisotopic (exact) mass is 305 g/mol. The Kier molecular flexibility index (Phi) is 4.24. The van der Waals surface area contributed by atoms with Gasteiger partial charge in [0.25, 0.3) is 0 Å². The summed E-state index contributed by atoms with van der Waals surface area (Å²) in [6.07, 6.45) is 4.83. The number of hydrogen-bond donors (Lipinski definition) is 1. The molecule has 23 heavy (non-hydrogen) atoms. The van der Waals surface area contributed by atoms with E-state index >= 15 is 0 Å². The minimum Gasteiger partial charge on any atom is -0.399 e. The number of para-hydroxylation sites is 1. The number of nitrogens with two attached hydrogens (primary N) is 1. The van der Waals surface area contributed by atoms with Gasteiger partial charge in [-0.3, -0.25) is 4.79 Å². The molecule has 0 spiro atoms. The minimum atomic E-state index is 0.422. The fourth-order valence-electron chi connectivity index (χ4n) is 2.73. The van der Waals surface area contributed by atoms with Crippen molar-refractivity contribution in [3.8, 4) is 0 Å². The van der Waals surface area contributed by atoms with Gasteiger partial charge in [-0.05, 0) is 49.6 Å². The Balaban J connectivity index is 2.13. The van der Waals surface area contributed by atoms with Crippen LogP contribution in [0.3, 0.4) is 0 Å². The largest absolute Gasteiger partial charge is 0.399 e. The molecule has 1 aliphatic rings. The van der Waals surface area contributed by atoms with Gasteiger partial charge in [0.2, 0.25) is 0 Å².